The van der Waals surface area contributed by atoms with Gasteiger partial charge in [0.15, 0.2) is 5.65 Å². The van der Waals surface area contributed by atoms with Crippen molar-refractivity contribution >= 4 is 39.1 Å². The monoisotopic (exact) mass is 516 g/mol. The molecule has 1 aliphatic rings. The molecule has 4 rings (SSSR count). The molecule has 33 heavy (non-hydrogen) atoms. The summed E-state index contributed by atoms with van der Waals surface area (Å²) in [5, 5.41) is 3.37. The van der Waals surface area contributed by atoms with Crippen molar-refractivity contribution in [2.45, 2.75) is 45.3 Å². The number of ether oxygens (including phenoxy) is 2. The van der Waals surface area contributed by atoms with Gasteiger partial charge < -0.3 is 24.3 Å². The largest absolute Gasteiger partial charge is 0.496 e. The van der Waals surface area contributed by atoms with E-state index < -0.39 is 5.60 Å². The fourth-order valence-corrected chi connectivity index (χ4v) is 4.24. The van der Waals surface area contributed by atoms with Crippen LogP contribution in [0.4, 0.5) is 10.7 Å². The first-order valence-electron chi connectivity index (χ1n) is 10.9. The van der Waals surface area contributed by atoms with Crippen LogP contribution in [-0.2, 0) is 11.8 Å². The highest BCUT2D eigenvalue weighted by molar-refractivity contribution is 9.10. The van der Waals surface area contributed by atoms with Crippen molar-refractivity contribution in [2.75, 3.05) is 25.5 Å². The van der Waals surface area contributed by atoms with Crippen LogP contribution in [-0.4, -0.2) is 62.4 Å². The average molecular weight is 517 g/mol. The first kappa shape index (κ1) is 23.3. The Kier molecular flexibility index (Phi) is 6.47. The maximum Gasteiger partial charge on any atom is 0.410 e. The van der Waals surface area contributed by atoms with Crippen LogP contribution in [0.2, 0.25) is 0 Å². The standard InChI is InChI=1S/C23H29BrN6O3/c1-23(2,3)33-22(31)30-10-6-7-15(13-30)26-21-25-12-17-19(28-21)27-20(29(17)4)16-9-8-14(24)11-18(16)32-5/h8-9,11-12,15H,6-7,10,13H2,1-5H3,(H,25,26,28)/t15-/m1/s1. The average Bonchev–Trinajstić information content (AvgIpc) is 3.08. The Hall–Kier alpha value is -2.88. The fourth-order valence-electron chi connectivity index (χ4n) is 3.90. The normalized spacial score (nSPS) is 16.7. The molecule has 1 aliphatic heterocycles. The number of nitrogens with zero attached hydrogens (tertiary/aromatic N) is 5. The number of aryl methyl sites for hydroxylation is 1. The van der Waals surface area contributed by atoms with Crippen molar-refractivity contribution in [3.63, 3.8) is 0 Å². The minimum absolute atomic E-state index is 0.0402. The highest BCUT2D eigenvalue weighted by atomic mass is 79.9. The van der Waals surface area contributed by atoms with Crippen LogP contribution in [0.15, 0.2) is 28.9 Å². The molecule has 9 nitrogen and oxygen atoms in total. The van der Waals surface area contributed by atoms with Gasteiger partial charge in [0.1, 0.15) is 22.7 Å². The molecule has 0 radical (unpaired) electrons. The van der Waals surface area contributed by atoms with Crippen LogP contribution in [0.1, 0.15) is 33.6 Å². The zero-order valence-corrected chi connectivity index (χ0v) is 21.1. The molecule has 0 bridgehead atoms. The molecule has 1 N–H and O–H groups in total. The highest BCUT2D eigenvalue weighted by Gasteiger charge is 2.28. The second-order valence-electron chi connectivity index (χ2n) is 9.15. The van der Waals surface area contributed by atoms with E-state index in [1.165, 1.54) is 0 Å². The number of fused-ring (bicyclic) bond motifs is 1. The molecule has 0 aliphatic carbocycles. The van der Waals surface area contributed by atoms with E-state index in [-0.39, 0.29) is 12.1 Å². The number of methoxy groups -OCH3 is 1. The van der Waals surface area contributed by atoms with Gasteiger partial charge in [-0.15, -0.1) is 0 Å². The van der Waals surface area contributed by atoms with Crippen molar-refractivity contribution in [1.82, 2.24) is 24.4 Å². The zero-order valence-electron chi connectivity index (χ0n) is 19.6. The first-order valence-corrected chi connectivity index (χ1v) is 11.7. The second-order valence-corrected chi connectivity index (χ2v) is 10.1. The number of rotatable bonds is 4. The summed E-state index contributed by atoms with van der Waals surface area (Å²) < 4.78 is 13.9. The third kappa shape index (κ3) is 5.21. The molecule has 2 aromatic heterocycles. The number of carbonyl (C=O) groups is 1. The Morgan fingerprint density at radius 1 is 1.27 bits per heavy atom. The number of likely N-dealkylation sites (tertiary alicyclic amines) is 1. The van der Waals surface area contributed by atoms with E-state index >= 15 is 0 Å². The number of amides is 1. The molecule has 1 fully saturated rings. The summed E-state index contributed by atoms with van der Waals surface area (Å²) in [7, 11) is 3.57. The van der Waals surface area contributed by atoms with Crippen molar-refractivity contribution < 1.29 is 14.3 Å². The number of aromatic nitrogens is 4. The number of nitrogens with one attached hydrogen (secondary N) is 1. The summed E-state index contributed by atoms with van der Waals surface area (Å²) in [6.07, 6.45) is 3.28. The number of benzene rings is 1. The van der Waals surface area contributed by atoms with Crippen molar-refractivity contribution in [3.05, 3.63) is 28.9 Å². The lowest BCUT2D eigenvalue weighted by atomic mass is 10.1. The molecular formula is C23H29BrN6O3. The smallest absolute Gasteiger partial charge is 0.410 e. The van der Waals surface area contributed by atoms with E-state index in [9.17, 15) is 4.79 Å². The van der Waals surface area contributed by atoms with Crippen LogP contribution < -0.4 is 10.1 Å². The van der Waals surface area contributed by atoms with Crippen LogP contribution in [0, 0.1) is 0 Å². The van der Waals surface area contributed by atoms with E-state index in [0.29, 0.717) is 24.7 Å². The van der Waals surface area contributed by atoms with Crippen molar-refractivity contribution in [3.8, 4) is 17.1 Å². The summed E-state index contributed by atoms with van der Waals surface area (Å²) in [4.78, 5) is 28.1. The van der Waals surface area contributed by atoms with Crippen molar-refractivity contribution in [2.24, 2.45) is 7.05 Å². The topological polar surface area (TPSA) is 94.4 Å². The Balaban J connectivity index is 1.54. The van der Waals surface area contributed by atoms with Gasteiger partial charge in [-0.25, -0.2) is 14.8 Å². The van der Waals surface area contributed by atoms with Gasteiger partial charge in [0.25, 0.3) is 0 Å². The molecule has 0 unspecified atom stereocenters. The maximum absolute atomic E-state index is 12.5. The molecule has 0 spiro atoms. The number of piperidine rings is 1. The van der Waals surface area contributed by atoms with Crippen LogP contribution in [0.25, 0.3) is 22.6 Å². The molecule has 1 atom stereocenters. The second kappa shape index (κ2) is 9.17. The lowest BCUT2D eigenvalue weighted by Crippen LogP contribution is -2.47. The minimum atomic E-state index is -0.514. The first-order chi connectivity index (χ1) is 15.6. The lowest BCUT2D eigenvalue weighted by molar-refractivity contribution is 0.0206. The zero-order chi connectivity index (χ0) is 23.8. The minimum Gasteiger partial charge on any atom is -0.496 e. The van der Waals surface area contributed by atoms with Crippen LogP contribution >= 0.6 is 15.9 Å². The Morgan fingerprint density at radius 3 is 2.79 bits per heavy atom. The highest BCUT2D eigenvalue weighted by Crippen LogP contribution is 2.33. The molecule has 3 heterocycles. The Labute approximate surface area is 201 Å². The Morgan fingerprint density at radius 2 is 2.06 bits per heavy atom. The molecule has 1 saturated heterocycles. The summed E-state index contributed by atoms with van der Waals surface area (Å²) >= 11 is 3.48. The molecule has 176 valence electrons. The predicted octanol–water partition coefficient (Wildman–Crippen LogP) is 4.61. The summed E-state index contributed by atoms with van der Waals surface area (Å²) in [6.45, 7) is 6.85. The summed E-state index contributed by atoms with van der Waals surface area (Å²) in [5.41, 5.74) is 1.77. The van der Waals surface area contributed by atoms with Gasteiger partial charge in [-0.2, -0.15) is 4.98 Å². The molecule has 3 aromatic rings. The van der Waals surface area contributed by atoms with Crippen LogP contribution in [0.5, 0.6) is 5.75 Å². The van der Waals surface area contributed by atoms with Gasteiger partial charge in [-0.3, -0.25) is 0 Å². The van der Waals surface area contributed by atoms with Crippen LogP contribution in [0.3, 0.4) is 0 Å². The lowest BCUT2D eigenvalue weighted by Gasteiger charge is -2.34. The summed E-state index contributed by atoms with van der Waals surface area (Å²) in [6, 6.07) is 5.87. The Bertz CT molecular complexity index is 1170. The third-order valence-electron chi connectivity index (χ3n) is 5.45. The van der Waals surface area contributed by atoms with E-state index in [4.69, 9.17) is 14.5 Å². The van der Waals surface area contributed by atoms with Gasteiger partial charge in [-0.05, 0) is 51.8 Å². The van der Waals surface area contributed by atoms with Gasteiger partial charge in [0.05, 0.1) is 18.9 Å². The molecule has 0 saturated carbocycles. The van der Waals surface area contributed by atoms with E-state index in [1.807, 2.05) is 50.6 Å². The number of imidazole rings is 1. The van der Waals surface area contributed by atoms with E-state index in [1.54, 1.807) is 18.2 Å². The van der Waals surface area contributed by atoms with Gasteiger partial charge in [0, 0.05) is 30.7 Å². The van der Waals surface area contributed by atoms with Gasteiger partial charge in [-0.1, -0.05) is 15.9 Å². The number of hydrogen-bond donors (Lipinski definition) is 1. The molecular weight excluding hydrogens is 488 g/mol. The SMILES string of the molecule is COc1cc(Br)ccc1-c1nc2nc(N[C@@H]3CCCN(C(=O)OC(C)(C)C)C3)ncc2n1C. The fraction of sp³-hybridized carbons (Fsp3) is 0.478. The van der Waals surface area contributed by atoms with Gasteiger partial charge >= 0.3 is 6.09 Å². The van der Waals surface area contributed by atoms with Gasteiger partial charge in [0.2, 0.25) is 5.95 Å². The molecule has 1 amide bonds. The number of anilines is 1. The van der Waals surface area contributed by atoms with E-state index in [2.05, 4.69) is 31.2 Å². The molecule has 1 aromatic carbocycles. The predicted molar refractivity (Wildman–Crippen MR) is 130 cm³/mol. The third-order valence-corrected chi connectivity index (χ3v) is 5.94. The number of halogens is 1. The quantitative estimate of drug-likeness (QED) is 0.540. The van der Waals surface area contributed by atoms with Crippen molar-refractivity contribution in [1.29, 1.82) is 0 Å². The van der Waals surface area contributed by atoms with E-state index in [0.717, 1.165) is 40.0 Å². The summed E-state index contributed by atoms with van der Waals surface area (Å²) in [5.74, 6) is 1.96. The molecule has 10 heteroatoms. The number of carbonyl (C=O) groups excluding carboxylic acids is 1. The maximum atomic E-state index is 12.5. The number of hydrogen-bond acceptors (Lipinski definition) is 7.